The van der Waals surface area contributed by atoms with E-state index in [2.05, 4.69) is 21.8 Å². The molecular formula is C26H26ClN3O4. The van der Waals surface area contributed by atoms with Crippen LogP contribution in [-0.4, -0.2) is 54.2 Å². The van der Waals surface area contributed by atoms with Crippen LogP contribution < -0.4 is 5.32 Å². The molecule has 1 aromatic heterocycles. The van der Waals surface area contributed by atoms with Crippen molar-refractivity contribution in [3.05, 3.63) is 78.0 Å². The summed E-state index contributed by atoms with van der Waals surface area (Å²) in [5, 5.41) is 4.72. The third kappa shape index (κ3) is 5.92. The molecule has 34 heavy (non-hydrogen) atoms. The molecule has 1 aliphatic heterocycles. The van der Waals surface area contributed by atoms with E-state index < -0.39 is 18.5 Å². The van der Waals surface area contributed by atoms with Gasteiger partial charge in [-0.05, 0) is 49.2 Å². The van der Waals surface area contributed by atoms with Crippen LogP contribution in [0.15, 0.2) is 67.4 Å². The number of carbonyl (C=O) groups excluding carboxylic acids is 2. The fourth-order valence-corrected chi connectivity index (χ4v) is 4.13. The molecule has 8 heteroatoms. The number of nitrogens with zero attached hydrogens (tertiary/aromatic N) is 2. The van der Waals surface area contributed by atoms with Gasteiger partial charge >= 0.3 is 11.9 Å². The van der Waals surface area contributed by atoms with Gasteiger partial charge in [0.05, 0.1) is 16.8 Å². The molecule has 0 amide bonds. The molecule has 176 valence electrons. The van der Waals surface area contributed by atoms with Crippen molar-refractivity contribution in [3.8, 4) is 0 Å². The van der Waals surface area contributed by atoms with Gasteiger partial charge in [-0.1, -0.05) is 29.8 Å². The zero-order valence-corrected chi connectivity index (χ0v) is 19.5. The molecule has 7 nitrogen and oxygen atoms in total. The van der Waals surface area contributed by atoms with Crippen molar-refractivity contribution in [2.45, 2.75) is 18.9 Å². The van der Waals surface area contributed by atoms with Gasteiger partial charge in [0.25, 0.3) is 0 Å². The van der Waals surface area contributed by atoms with Gasteiger partial charge in [0.1, 0.15) is 6.10 Å². The molecule has 1 saturated heterocycles. The number of para-hydroxylation sites is 1. The highest BCUT2D eigenvalue weighted by atomic mass is 35.5. The summed E-state index contributed by atoms with van der Waals surface area (Å²) in [7, 11) is 0. The van der Waals surface area contributed by atoms with Gasteiger partial charge in [-0.15, -0.1) is 6.58 Å². The van der Waals surface area contributed by atoms with Crippen molar-refractivity contribution >= 4 is 45.8 Å². The van der Waals surface area contributed by atoms with Crippen LogP contribution in [0.4, 0.5) is 11.4 Å². The van der Waals surface area contributed by atoms with Crippen molar-refractivity contribution in [3.63, 3.8) is 0 Å². The Morgan fingerprint density at radius 2 is 1.94 bits per heavy atom. The highest BCUT2D eigenvalue weighted by Crippen LogP contribution is 2.29. The highest BCUT2D eigenvalue weighted by Gasteiger charge is 2.23. The summed E-state index contributed by atoms with van der Waals surface area (Å²) in [5.41, 5.74) is 2.37. The summed E-state index contributed by atoms with van der Waals surface area (Å²) in [6, 6.07) is 14.2. The van der Waals surface area contributed by atoms with Gasteiger partial charge in [-0.25, -0.2) is 9.59 Å². The number of anilines is 2. The van der Waals surface area contributed by atoms with Crippen molar-refractivity contribution in [2.24, 2.45) is 0 Å². The average molecular weight is 480 g/mol. The molecule has 2 heterocycles. The minimum absolute atomic E-state index is 0.158. The van der Waals surface area contributed by atoms with Crippen LogP contribution in [0.2, 0.25) is 5.02 Å². The monoisotopic (exact) mass is 479 g/mol. The number of esters is 2. The fraction of sp³-hybridized carbons (Fsp3) is 0.269. The summed E-state index contributed by atoms with van der Waals surface area (Å²) in [5.74, 6) is -1.15. The number of carbonyl (C=O) groups is 2. The summed E-state index contributed by atoms with van der Waals surface area (Å²) in [4.78, 5) is 31.6. The van der Waals surface area contributed by atoms with E-state index >= 15 is 0 Å². The van der Waals surface area contributed by atoms with E-state index in [9.17, 15) is 9.59 Å². The summed E-state index contributed by atoms with van der Waals surface area (Å²) in [6.45, 7) is 5.83. The molecule has 0 saturated carbocycles. The quantitative estimate of drug-likeness (QED) is 0.360. The Morgan fingerprint density at radius 3 is 2.74 bits per heavy atom. The molecule has 2 aromatic carbocycles. The second-order valence-electron chi connectivity index (χ2n) is 8.05. The maximum Gasteiger partial charge on any atom is 0.344 e. The second kappa shape index (κ2) is 11.1. The number of nitrogens with one attached hydrogen (secondary N) is 1. The normalized spacial score (nSPS) is 14.5. The van der Waals surface area contributed by atoms with Crippen LogP contribution in [0, 0.1) is 0 Å². The number of piperidine rings is 1. The van der Waals surface area contributed by atoms with E-state index in [1.807, 2.05) is 24.3 Å². The Kier molecular flexibility index (Phi) is 7.77. The summed E-state index contributed by atoms with van der Waals surface area (Å²) in [6.07, 6.45) is 4.89. The van der Waals surface area contributed by atoms with E-state index in [1.54, 1.807) is 36.5 Å². The fourth-order valence-electron chi connectivity index (χ4n) is 3.96. The van der Waals surface area contributed by atoms with Crippen LogP contribution in [0.1, 0.15) is 23.2 Å². The largest absolute Gasteiger partial charge is 0.460 e. The van der Waals surface area contributed by atoms with Crippen LogP contribution in [0.25, 0.3) is 10.9 Å². The number of aromatic nitrogens is 1. The molecule has 4 rings (SSSR count). The molecule has 3 aromatic rings. The Labute approximate surface area is 203 Å². The summed E-state index contributed by atoms with van der Waals surface area (Å²) < 4.78 is 10.8. The maximum atomic E-state index is 12.8. The van der Waals surface area contributed by atoms with Gasteiger partial charge in [0.2, 0.25) is 0 Å². The van der Waals surface area contributed by atoms with Crippen molar-refractivity contribution in [2.75, 3.05) is 31.6 Å². The summed E-state index contributed by atoms with van der Waals surface area (Å²) >= 11 is 6.07. The lowest BCUT2D eigenvalue weighted by Crippen LogP contribution is -2.38. The van der Waals surface area contributed by atoms with Gasteiger partial charge in [-0.3, -0.25) is 9.88 Å². The first kappa shape index (κ1) is 23.7. The second-order valence-corrected chi connectivity index (χ2v) is 8.48. The maximum absolute atomic E-state index is 12.8. The number of pyridine rings is 1. The topological polar surface area (TPSA) is 80.8 Å². The number of rotatable bonds is 8. The Bertz CT molecular complexity index is 1190. The molecule has 0 unspecified atom stereocenters. The first-order chi connectivity index (χ1) is 16.5. The predicted octanol–water partition coefficient (Wildman–Crippen LogP) is 4.98. The zero-order valence-electron chi connectivity index (χ0n) is 18.7. The van der Waals surface area contributed by atoms with Gasteiger partial charge in [0, 0.05) is 41.9 Å². The highest BCUT2D eigenvalue weighted by molar-refractivity contribution is 6.31. The lowest BCUT2D eigenvalue weighted by atomic mass is 10.1. The molecule has 0 radical (unpaired) electrons. The average Bonchev–Trinajstić information content (AvgIpc) is 2.84. The van der Waals surface area contributed by atoms with Crippen LogP contribution >= 0.6 is 11.6 Å². The first-order valence-electron chi connectivity index (χ1n) is 11.1. The number of hydrogen-bond acceptors (Lipinski definition) is 7. The number of likely N-dealkylation sites (tertiary alicyclic amines) is 1. The van der Waals surface area contributed by atoms with E-state index in [1.165, 1.54) is 0 Å². The lowest BCUT2D eigenvalue weighted by molar-refractivity contribution is -0.154. The number of benzene rings is 2. The number of ether oxygens (including phenoxy) is 2. The third-order valence-corrected chi connectivity index (χ3v) is 5.90. The zero-order chi connectivity index (χ0) is 23.9. The SMILES string of the molecule is C=CCN1CCC(OC(=O)COC(=O)c2ccccc2Nc2ccnc3cc(Cl)ccc23)CC1. The lowest BCUT2D eigenvalue weighted by Gasteiger charge is -2.30. The van der Waals surface area contributed by atoms with Crippen molar-refractivity contribution < 1.29 is 19.1 Å². The van der Waals surface area contributed by atoms with Gasteiger partial charge in [0.15, 0.2) is 6.61 Å². The predicted molar refractivity (Wildman–Crippen MR) is 133 cm³/mol. The Balaban J connectivity index is 1.37. The van der Waals surface area contributed by atoms with Crippen molar-refractivity contribution in [1.29, 1.82) is 0 Å². The Morgan fingerprint density at radius 1 is 1.15 bits per heavy atom. The van der Waals surface area contributed by atoms with Crippen LogP contribution in [-0.2, 0) is 14.3 Å². The molecule has 1 N–H and O–H groups in total. The molecule has 1 fully saturated rings. The third-order valence-electron chi connectivity index (χ3n) is 5.66. The van der Waals surface area contributed by atoms with E-state index in [0.717, 1.165) is 49.1 Å². The molecule has 0 atom stereocenters. The van der Waals surface area contributed by atoms with E-state index in [4.69, 9.17) is 21.1 Å². The van der Waals surface area contributed by atoms with Crippen molar-refractivity contribution in [1.82, 2.24) is 9.88 Å². The number of hydrogen-bond donors (Lipinski definition) is 1. The minimum Gasteiger partial charge on any atom is -0.460 e. The molecule has 0 bridgehead atoms. The number of fused-ring (bicyclic) bond motifs is 1. The standard InChI is InChI=1S/C26H26ClN3O4/c1-2-13-30-14-10-19(11-15-30)34-25(31)17-33-26(32)21-5-3-4-6-22(21)29-23-9-12-28-24-16-18(27)7-8-20(23)24/h2-9,12,16,19H,1,10-11,13-15,17H2,(H,28,29). The molecule has 1 aliphatic rings. The van der Waals surface area contributed by atoms with Gasteiger partial charge < -0.3 is 14.8 Å². The van der Waals surface area contributed by atoms with Crippen LogP contribution in [0.5, 0.6) is 0 Å². The molecule has 0 aliphatic carbocycles. The van der Waals surface area contributed by atoms with Gasteiger partial charge in [-0.2, -0.15) is 0 Å². The molecule has 0 spiro atoms. The first-order valence-corrected chi connectivity index (χ1v) is 11.5. The molecular weight excluding hydrogens is 454 g/mol. The smallest absolute Gasteiger partial charge is 0.344 e. The number of halogens is 1. The van der Waals surface area contributed by atoms with Crippen LogP contribution in [0.3, 0.4) is 0 Å². The minimum atomic E-state index is -0.609. The Hall–Kier alpha value is -3.42. The van der Waals surface area contributed by atoms with E-state index in [-0.39, 0.29) is 6.10 Å². The van der Waals surface area contributed by atoms with E-state index in [0.29, 0.717) is 16.3 Å².